The summed E-state index contributed by atoms with van der Waals surface area (Å²) in [5.41, 5.74) is 10.7. The zero-order chi connectivity index (χ0) is 27.2. The topological polar surface area (TPSA) is 81.9 Å². The number of anilines is 1. The monoisotopic (exact) mass is 544 g/mol. The van der Waals surface area contributed by atoms with Gasteiger partial charge in [0.1, 0.15) is 0 Å². The summed E-state index contributed by atoms with van der Waals surface area (Å²) in [6.45, 7) is 6.23. The van der Waals surface area contributed by atoms with E-state index < -0.39 is 0 Å². The maximum Gasteiger partial charge on any atom is 0.253 e. The van der Waals surface area contributed by atoms with Gasteiger partial charge in [-0.25, -0.2) is 0 Å². The highest BCUT2D eigenvalue weighted by Gasteiger charge is 2.34. The van der Waals surface area contributed by atoms with Crippen LogP contribution in [0.4, 0.5) is 5.69 Å². The summed E-state index contributed by atoms with van der Waals surface area (Å²) in [6, 6.07) is 23.5. The van der Waals surface area contributed by atoms with Crippen LogP contribution in [0, 0.1) is 6.54 Å². The number of nitrogens with zero attached hydrogens (tertiary/aromatic N) is 3. The Balaban J connectivity index is 1.30. The van der Waals surface area contributed by atoms with Crippen LogP contribution in [0.2, 0.25) is 5.02 Å². The van der Waals surface area contributed by atoms with Crippen LogP contribution in [-0.4, -0.2) is 66.9 Å². The number of rotatable bonds is 8. The van der Waals surface area contributed by atoms with Gasteiger partial charge in [0.2, 0.25) is 5.91 Å². The fourth-order valence-electron chi connectivity index (χ4n) is 5.42. The highest BCUT2D eigenvalue weighted by molar-refractivity contribution is 6.30. The molecule has 1 saturated heterocycles. The molecule has 0 unspecified atom stereocenters. The number of piperazine rings is 1. The van der Waals surface area contributed by atoms with Gasteiger partial charge in [-0.2, -0.15) is 0 Å². The summed E-state index contributed by atoms with van der Waals surface area (Å²) in [6.07, 6.45) is 1.43. The summed E-state index contributed by atoms with van der Waals surface area (Å²) < 4.78 is 0. The Morgan fingerprint density at radius 1 is 0.897 bits per heavy atom. The van der Waals surface area contributed by atoms with Crippen LogP contribution in [0.3, 0.4) is 0 Å². The second kappa shape index (κ2) is 12.6. The minimum Gasteiger partial charge on any atom is -0.367 e. The summed E-state index contributed by atoms with van der Waals surface area (Å²) in [4.78, 5) is 33.2. The van der Waals surface area contributed by atoms with Gasteiger partial charge < -0.3 is 20.9 Å². The van der Waals surface area contributed by atoms with Crippen molar-refractivity contribution < 1.29 is 9.59 Å². The van der Waals surface area contributed by atoms with Crippen LogP contribution in [0.5, 0.6) is 0 Å². The molecule has 0 saturated carbocycles. The fraction of sp³-hybridized carbons (Fsp3) is 0.323. The van der Waals surface area contributed by atoms with Crippen molar-refractivity contribution in [1.29, 1.82) is 0 Å². The molecule has 2 heterocycles. The predicted molar refractivity (Wildman–Crippen MR) is 156 cm³/mol. The second-order valence-corrected chi connectivity index (χ2v) is 10.5. The van der Waals surface area contributed by atoms with Gasteiger partial charge >= 0.3 is 0 Å². The zero-order valence-corrected chi connectivity index (χ0v) is 22.8. The normalized spacial score (nSPS) is 16.5. The van der Waals surface area contributed by atoms with Gasteiger partial charge in [0.15, 0.2) is 0 Å². The minimum absolute atomic E-state index is 0.126. The van der Waals surface area contributed by atoms with Crippen molar-refractivity contribution in [2.24, 2.45) is 5.73 Å². The molecule has 0 bridgehead atoms. The van der Waals surface area contributed by atoms with E-state index >= 15 is 0 Å². The molecular formula is C31H35ClN5O2. The molecule has 2 aliphatic heterocycles. The van der Waals surface area contributed by atoms with Gasteiger partial charge in [-0.3, -0.25) is 14.5 Å². The molecule has 0 aliphatic carbocycles. The van der Waals surface area contributed by atoms with E-state index in [4.69, 9.17) is 17.3 Å². The van der Waals surface area contributed by atoms with Gasteiger partial charge in [-0.1, -0.05) is 60.1 Å². The van der Waals surface area contributed by atoms with Crippen molar-refractivity contribution >= 4 is 29.1 Å². The SMILES string of the molecule is NCCNC(=O)c1ccccc1N1CCN(C(=O)[C@@H](Cc2ccc(Cl)cc2)N2[CH]Cc3ccccc3C2)CC1. The molecule has 2 amide bonds. The van der Waals surface area contributed by atoms with Crippen LogP contribution in [0.1, 0.15) is 27.0 Å². The number of para-hydroxylation sites is 1. The molecule has 1 radical (unpaired) electrons. The Bertz CT molecular complexity index is 1290. The zero-order valence-electron chi connectivity index (χ0n) is 22.1. The smallest absolute Gasteiger partial charge is 0.253 e. The lowest BCUT2D eigenvalue weighted by atomic mass is 9.95. The molecule has 3 N–H and O–H groups in total. The van der Waals surface area contributed by atoms with Crippen LogP contribution >= 0.6 is 11.6 Å². The highest BCUT2D eigenvalue weighted by Crippen LogP contribution is 2.27. The molecule has 3 aromatic carbocycles. The molecule has 8 heteroatoms. The van der Waals surface area contributed by atoms with E-state index in [-0.39, 0.29) is 17.9 Å². The van der Waals surface area contributed by atoms with Crippen LogP contribution in [0.25, 0.3) is 0 Å². The number of nitrogens with two attached hydrogens (primary N) is 1. The standard InChI is InChI=1S/C31H35ClN5O2/c32-26-11-9-23(10-12-26)21-29(37-16-13-24-5-1-2-6-25(24)22-37)31(39)36-19-17-35(18-20-36)28-8-4-3-7-27(28)30(38)34-15-14-33/h1-12,16,29H,13-15,17-22,33H2,(H,34,38)/t29-/m1/s1. The Labute approximate surface area is 235 Å². The number of carbonyl (C=O) groups excluding carboxylic acids is 2. The second-order valence-electron chi connectivity index (χ2n) is 10.0. The molecule has 39 heavy (non-hydrogen) atoms. The fourth-order valence-corrected chi connectivity index (χ4v) is 5.54. The molecule has 7 nitrogen and oxygen atoms in total. The van der Waals surface area contributed by atoms with E-state index in [0.717, 1.165) is 17.7 Å². The molecule has 0 aromatic heterocycles. The number of benzene rings is 3. The van der Waals surface area contributed by atoms with E-state index in [1.165, 1.54) is 11.1 Å². The number of hydrogen-bond acceptors (Lipinski definition) is 5. The van der Waals surface area contributed by atoms with E-state index in [1.54, 1.807) is 0 Å². The molecule has 0 spiro atoms. The van der Waals surface area contributed by atoms with E-state index in [9.17, 15) is 9.59 Å². The van der Waals surface area contributed by atoms with E-state index in [0.29, 0.717) is 62.8 Å². The molecule has 3 aromatic rings. The van der Waals surface area contributed by atoms with Gasteiger partial charge in [-0.15, -0.1) is 0 Å². The van der Waals surface area contributed by atoms with E-state index in [1.807, 2.05) is 53.4 Å². The quantitative estimate of drug-likeness (QED) is 0.453. The Hall–Kier alpha value is -3.39. The molecule has 2 aliphatic rings. The molecular weight excluding hydrogens is 510 g/mol. The van der Waals surface area contributed by atoms with Crippen molar-refractivity contribution in [2.75, 3.05) is 44.2 Å². The lowest BCUT2D eigenvalue weighted by Crippen LogP contribution is -2.55. The minimum atomic E-state index is -0.305. The number of amides is 2. The number of hydrogen-bond donors (Lipinski definition) is 2. The molecule has 5 rings (SSSR count). The average Bonchev–Trinajstić information content (AvgIpc) is 2.99. The molecule has 203 valence electrons. The lowest BCUT2D eigenvalue weighted by Gasteiger charge is -2.41. The van der Waals surface area contributed by atoms with Crippen molar-refractivity contribution in [2.45, 2.75) is 25.4 Å². The number of fused-ring (bicyclic) bond motifs is 1. The number of halogens is 1. The van der Waals surface area contributed by atoms with E-state index in [2.05, 4.69) is 45.9 Å². The first-order valence-corrected chi connectivity index (χ1v) is 13.9. The van der Waals surface area contributed by atoms with Crippen LogP contribution in [-0.2, 0) is 24.2 Å². The summed E-state index contributed by atoms with van der Waals surface area (Å²) in [7, 11) is 0. The average molecular weight is 545 g/mol. The van der Waals surface area contributed by atoms with Crippen LogP contribution < -0.4 is 16.0 Å². The van der Waals surface area contributed by atoms with Gasteiger partial charge in [0.25, 0.3) is 5.91 Å². The Morgan fingerprint density at radius 2 is 1.59 bits per heavy atom. The first-order valence-electron chi connectivity index (χ1n) is 13.5. The largest absolute Gasteiger partial charge is 0.367 e. The Morgan fingerprint density at radius 3 is 2.33 bits per heavy atom. The van der Waals surface area contributed by atoms with Crippen molar-refractivity contribution in [1.82, 2.24) is 15.1 Å². The van der Waals surface area contributed by atoms with Crippen molar-refractivity contribution in [3.8, 4) is 0 Å². The molecule has 1 fully saturated rings. The third kappa shape index (κ3) is 6.44. The van der Waals surface area contributed by atoms with Crippen LogP contribution in [0.15, 0.2) is 72.8 Å². The van der Waals surface area contributed by atoms with Gasteiger partial charge in [0.05, 0.1) is 11.6 Å². The van der Waals surface area contributed by atoms with Crippen molar-refractivity contribution in [3.63, 3.8) is 0 Å². The summed E-state index contributed by atoms with van der Waals surface area (Å²) >= 11 is 6.13. The third-order valence-corrected chi connectivity index (χ3v) is 7.81. The number of nitrogens with one attached hydrogen (secondary N) is 1. The maximum absolute atomic E-state index is 14.1. The first-order chi connectivity index (χ1) is 19.0. The van der Waals surface area contributed by atoms with Gasteiger partial charge in [0, 0.05) is 63.1 Å². The predicted octanol–water partition coefficient (Wildman–Crippen LogP) is 3.51. The highest BCUT2D eigenvalue weighted by atomic mass is 35.5. The first kappa shape index (κ1) is 27.2. The molecule has 1 atom stereocenters. The third-order valence-electron chi connectivity index (χ3n) is 7.56. The van der Waals surface area contributed by atoms with Gasteiger partial charge in [-0.05, 0) is 53.8 Å². The van der Waals surface area contributed by atoms with Crippen molar-refractivity contribution in [3.05, 3.63) is 107 Å². The lowest BCUT2D eigenvalue weighted by molar-refractivity contribution is -0.137. The number of carbonyl (C=O) groups is 2. The Kier molecular flexibility index (Phi) is 8.81. The summed E-state index contributed by atoms with van der Waals surface area (Å²) in [5, 5.41) is 3.56. The summed E-state index contributed by atoms with van der Waals surface area (Å²) in [5.74, 6) is 0.00714. The maximum atomic E-state index is 14.1.